The Labute approximate surface area is 289 Å². The SMILES string of the molecule is CC(C)[O-].CC(C)[O-].[O-]c1c(F)cc(F)cc1CN(CCN(Cc1ccccc1)Cc1cc(F)cc(F)c1[O-])Cc1ccccc1.[Ti+4]. The predicted octanol–water partition coefficient (Wildman–Crippen LogP) is 4.60. The average molecular weight is 689 g/mol. The first-order valence-corrected chi connectivity index (χ1v) is 14.9. The summed E-state index contributed by atoms with van der Waals surface area (Å²) in [6.07, 6.45) is -0.833. The van der Waals surface area contributed by atoms with Gasteiger partial charge in [-0.1, -0.05) is 99.9 Å². The van der Waals surface area contributed by atoms with E-state index in [2.05, 4.69) is 0 Å². The van der Waals surface area contributed by atoms with Crippen molar-refractivity contribution >= 4 is 0 Å². The predicted molar refractivity (Wildman–Crippen MR) is 163 cm³/mol. The van der Waals surface area contributed by atoms with Crippen LogP contribution >= 0.6 is 0 Å². The Morgan fingerprint density at radius 1 is 0.532 bits per heavy atom. The Morgan fingerprint density at radius 2 is 0.830 bits per heavy atom. The molecule has 0 aliphatic rings. The van der Waals surface area contributed by atoms with E-state index in [1.807, 2.05) is 70.5 Å². The van der Waals surface area contributed by atoms with Crippen molar-refractivity contribution in [3.8, 4) is 11.5 Å². The summed E-state index contributed by atoms with van der Waals surface area (Å²) in [6, 6.07) is 22.0. The third kappa shape index (κ3) is 16.4. The van der Waals surface area contributed by atoms with Gasteiger partial charge in [-0.25, -0.2) is 17.6 Å². The number of nitrogens with zero attached hydrogens (tertiary/aromatic N) is 2. The van der Waals surface area contributed by atoms with Gasteiger partial charge in [0.2, 0.25) is 0 Å². The van der Waals surface area contributed by atoms with Gasteiger partial charge in [-0.2, -0.15) is 0 Å². The molecule has 47 heavy (non-hydrogen) atoms. The number of halogens is 4. The third-order valence-corrected chi connectivity index (χ3v) is 6.19. The second-order valence-electron chi connectivity index (χ2n) is 11.2. The zero-order chi connectivity index (χ0) is 34.2. The molecule has 0 aromatic heterocycles. The third-order valence-electron chi connectivity index (χ3n) is 6.19. The summed E-state index contributed by atoms with van der Waals surface area (Å²) in [6.45, 7) is 7.88. The van der Waals surface area contributed by atoms with Crippen LogP contribution < -0.4 is 20.4 Å². The minimum absolute atomic E-state index is 0. The first-order chi connectivity index (χ1) is 21.7. The number of benzene rings is 4. The van der Waals surface area contributed by atoms with Crippen LogP contribution in [0.2, 0.25) is 0 Å². The zero-order valence-electron chi connectivity index (χ0n) is 27.0. The maximum atomic E-state index is 13.9. The van der Waals surface area contributed by atoms with Crippen molar-refractivity contribution in [2.75, 3.05) is 13.1 Å². The molecule has 0 aliphatic carbocycles. The molecule has 250 valence electrons. The van der Waals surface area contributed by atoms with Gasteiger partial charge < -0.3 is 20.4 Å². The van der Waals surface area contributed by atoms with E-state index in [4.69, 9.17) is 0 Å². The summed E-state index contributed by atoms with van der Waals surface area (Å²) in [5.41, 5.74) is 1.84. The van der Waals surface area contributed by atoms with Crippen LogP contribution in [0.1, 0.15) is 49.9 Å². The Bertz CT molecular complexity index is 1350. The Balaban J connectivity index is 0.00000110. The molecule has 11 heteroatoms. The largest absolute Gasteiger partial charge is 4.00 e. The fraction of sp³-hybridized carbons (Fsp3) is 0.333. The summed E-state index contributed by atoms with van der Waals surface area (Å²) >= 11 is 0. The van der Waals surface area contributed by atoms with Gasteiger partial charge in [-0.15, -0.1) is 12.2 Å². The molecular formula is C36H40F4N2O4Ti. The Hall–Kier alpha value is -3.25. The van der Waals surface area contributed by atoms with E-state index in [1.165, 1.54) is 0 Å². The van der Waals surface area contributed by atoms with Crippen molar-refractivity contribution < 1.29 is 59.7 Å². The van der Waals surface area contributed by atoms with Crippen molar-refractivity contribution in [2.45, 2.75) is 66.1 Å². The van der Waals surface area contributed by atoms with Crippen molar-refractivity contribution in [3.63, 3.8) is 0 Å². The Kier molecular flexibility index (Phi) is 19.2. The molecule has 4 aromatic carbocycles. The van der Waals surface area contributed by atoms with Crippen LogP contribution in [-0.2, 0) is 47.9 Å². The minimum atomic E-state index is -1.15. The van der Waals surface area contributed by atoms with E-state index < -0.39 is 47.0 Å². The van der Waals surface area contributed by atoms with Crippen LogP contribution in [0.15, 0.2) is 84.9 Å². The summed E-state index contributed by atoms with van der Waals surface area (Å²) in [5.74, 6) is -5.70. The first kappa shape index (κ1) is 41.8. The van der Waals surface area contributed by atoms with E-state index in [9.17, 15) is 38.0 Å². The molecule has 0 spiro atoms. The summed E-state index contributed by atoms with van der Waals surface area (Å²) in [7, 11) is 0. The normalized spacial score (nSPS) is 10.8. The first-order valence-electron chi connectivity index (χ1n) is 14.9. The van der Waals surface area contributed by atoms with Gasteiger partial charge in [0, 0.05) is 51.4 Å². The Morgan fingerprint density at radius 3 is 1.13 bits per heavy atom. The quantitative estimate of drug-likeness (QED) is 0.169. The van der Waals surface area contributed by atoms with Crippen LogP contribution in [0.5, 0.6) is 11.5 Å². The van der Waals surface area contributed by atoms with Crippen molar-refractivity contribution in [1.82, 2.24) is 9.80 Å². The second-order valence-corrected chi connectivity index (χ2v) is 11.2. The van der Waals surface area contributed by atoms with Crippen LogP contribution in [0.4, 0.5) is 17.6 Å². The molecule has 0 heterocycles. The van der Waals surface area contributed by atoms with Crippen LogP contribution in [0, 0.1) is 23.3 Å². The van der Waals surface area contributed by atoms with Crippen molar-refractivity contribution in [3.05, 3.63) is 130 Å². The fourth-order valence-corrected chi connectivity index (χ4v) is 4.34. The van der Waals surface area contributed by atoms with E-state index in [0.29, 0.717) is 38.3 Å². The van der Waals surface area contributed by atoms with Crippen molar-refractivity contribution in [1.29, 1.82) is 0 Å². The molecule has 0 saturated heterocycles. The van der Waals surface area contributed by atoms with E-state index >= 15 is 0 Å². The van der Waals surface area contributed by atoms with Crippen LogP contribution in [0.25, 0.3) is 0 Å². The maximum absolute atomic E-state index is 13.9. The van der Waals surface area contributed by atoms with E-state index in [-0.39, 0.29) is 45.9 Å². The van der Waals surface area contributed by atoms with Gasteiger partial charge in [-0.05, 0) is 34.4 Å². The monoisotopic (exact) mass is 688 g/mol. The molecule has 0 saturated carbocycles. The molecule has 0 amide bonds. The van der Waals surface area contributed by atoms with Crippen LogP contribution in [-0.4, -0.2) is 35.1 Å². The van der Waals surface area contributed by atoms with Gasteiger partial charge in [0.1, 0.15) is 23.3 Å². The topological polar surface area (TPSA) is 98.7 Å². The molecule has 0 fully saturated rings. The van der Waals surface area contributed by atoms with Gasteiger partial charge in [0.05, 0.1) is 0 Å². The smallest absolute Gasteiger partial charge is 0.870 e. The van der Waals surface area contributed by atoms with Gasteiger partial charge in [0.25, 0.3) is 0 Å². The standard InChI is InChI=1S/C30H28F4N2O2.2C3H7O.Ti/c31-25-13-23(29(37)27(33)15-25)19-35(17-21-7-3-1-4-8-21)11-12-36(18-22-9-5-2-6-10-22)20-24-14-26(32)16-28(34)30(24)38;2*1-3(2)4;/h1-10,13-16,37-38H,11-12,17-20H2;2*3H,1-2H3;/q;2*-1;+4/p-2. The minimum Gasteiger partial charge on any atom is -0.870 e. The van der Waals surface area contributed by atoms with Crippen LogP contribution in [0.3, 0.4) is 0 Å². The molecule has 4 aromatic rings. The maximum Gasteiger partial charge on any atom is 4.00 e. The second kappa shape index (κ2) is 21.6. The number of rotatable bonds is 11. The fourth-order valence-electron chi connectivity index (χ4n) is 4.34. The van der Waals surface area contributed by atoms with Gasteiger partial charge >= 0.3 is 21.7 Å². The van der Waals surface area contributed by atoms with Crippen molar-refractivity contribution in [2.24, 2.45) is 0 Å². The molecular weight excluding hydrogens is 648 g/mol. The summed E-state index contributed by atoms with van der Waals surface area (Å²) < 4.78 is 55.7. The molecule has 0 N–H and O–H groups in total. The molecule has 0 bridgehead atoms. The molecule has 0 unspecified atom stereocenters. The molecule has 0 aliphatic heterocycles. The van der Waals surface area contributed by atoms with E-state index in [1.54, 1.807) is 27.7 Å². The number of hydrogen-bond donors (Lipinski definition) is 0. The molecule has 6 nitrogen and oxygen atoms in total. The summed E-state index contributed by atoms with van der Waals surface area (Å²) in [4.78, 5) is 3.74. The zero-order valence-corrected chi connectivity index (χ0v) is 28.6. The number of hydrogen-bond acceptors (Lipinski definition) is 6. The van der Waals surface area contributed by atoms with Gasteiger partial charge in [0.15, 0.2) is 0 Å². The average Bonchev–Trinajstić information content (AvgIpc) is 2.97. The molecule has 4 rings (SSSR count). The summed E-state index contributed by atoms with van der Waals surface area (Å²) in [5, 5.41) is 43.7. The molecule has 0 atom stereocenters. The van der Waals surface area contributed by atoms with Gasteiger partial charge in [-0.3, -0.25) is 9.80 Å². The molecule has 0 radical (unpaired) electrons. The van der Waals surface area contributed by atoms with E-state index in [0.717, 1.165) is 23.3 Å².